The van der Waals surface area contributed by atoms with Crippen molar-refractivity contribution in [3.05, 3.63) is 83.2 Å². The van der Waals surface area contributed by atoms with Gasteiger partial charge in [-0.25, -0.2) is 9.97 Å². The average Bonchev–Trinajstić information content (AvgIpc) is 3.21. The second-order valence-electron chi connectivity index (χ2n) is 7.96. The van der Waals surface area contributed by atoms with Crippen LogP contribution in [0.1, 0.15) is 32.1 Å². The summed E-state index contributed by atoms with van der Waals surface area (Å²) in [5, 5.41) is 4.67. The molecule has 5 rings (SSSR count). The molecule has 0 atom stereocenters. The maximum Gasteiger partial charge on any atom is 0.150 e. The summed E-state index contributed by atoms with van der Waals surface area (Å²) in [5.74, 6) is 0.899. The van der Waals surface area contributed by atoms with Gasteiger partial charge in [-0.15, -0.1) is 0 Å². The van der Waals surface area contributed by atoms with Crippen LogP contribution >= 0.6 is 15.9 Å². The highest BCUT2D eigenvalue weighted by molar-refractivity contribution is 9.10. The molecule has 0 radical (unpaired) electrons. The lowest BCUT2D eigenvalue weighted by atomic mass is 9.97. The number of anilines is 1. The summed E-state index contributed by atoms with van der Waals surface area (Å²) in [4.78, 5) is 9.31. The molecule has 0 amide bonds. The van der Waals surface area contributed by atoms with E-state index in [9.17, 15) is 0 Å². The molecule has 1 aliphatic carbocycles. The van der Waals surface area contributed by atoms with Crippen LogP contribution in [0.2, 0.25) is 0 Å². The van der Waals surface area contributed by atoms with E-state index < -0.39 is 0 Å². The lowest BCUT2D eigenvalue weighted by Crippen LogP contribution is -2.07. The Kier molecular flexibility index (Phi) is 5.85. The second kappa shape index (κ2) is 9.06. The van der Waals surface area contributed by atoms with Crippen LogP contribution in [0.4, 0.5) is 5.82 Å². The van der Waals surface area contributed by atoms with Crippen LogP contribution in [0, 0.1) is 0 Å². The molecule has 0 saturated heterocycles. The van der Waals surface area contributed by atoms with E-state index >= 15 is 0 Å². The summed E-state index contributed by atoms with van der Waals surface area (Å²) < 4.78 is 3.21. The molecule has 0 spiro atoms. The first-order chi connectivity index (χ1) is 15.3. The van der Waals surface area contributed by atoms with Gasteiger partial charge in [-0.05, 0) is 61.9 Å². The van der Waals surface area contributed by atoms with Crippen LogP contribution in [-0.4, -0.2) is 21.1 Å². The van der Waals surface area contributed by atoms with Crippen LogP contribution in [0.25, 0.3) is 27.8 Å². The van der Waals surface area contributed by atoms with E-state index in [1.807, 2.05) is 6.07 Å². The van der Waals surface area contributed by atoms with Crippen molar-refractivity contribution >= 4 is 32.8 Å². The van der Waals surface area contributed by atoms with Gasteiger partial charge in [0.1, 0.15) is 12.1 Å². The summed E-state index contributed by atoms with van der Waals surface area (Å²) in [6.45, 7) is 0.885. The molecule has 4 nitrogen and oxygen atoms in total. The smallest absolute Gasteiger partial charge is 0.150 e. The van der Waals surface area contributed by atoms with Gasteiger partial charge in [0.2, 0.25) is 0 Å². The molecule has 0 fully saturated rings. The number of fused-ring (bicyclic) bond motifs is 1. The molecule has 0 aliphatic heterocycles. The molecule has 31 heavy (non-hydrogen) atoms. The van der Waals surface area contributed by atoms with Crippen molar-refractivity contribution in [1.29, 1.82) is 0 Å². The summed E-state index contributed by atoms with van der Waals surface area (Å²) in [5.41, 5.74) is 5.86. The van der Waals surface area contributed by atoms with Gasteiger partial charge >= 0.3 is 0 Å². The van der Waals surface area contributed by atoms with Crippen molar-refractivity contribution in [1.82, 2.24) is 14.5 Å². The minimum absolute atomic E-state index is 0.885. The fourth-order valence-electron chi connectivity index (χ4n) is 4.30. The third-order valence-electron chi connectivity index (χ3n) is 5.90. The van der Waals surface area contributed by atoms with Crippen LogP contribution in [0.3, 0.4) is 0 Å². The second-order valence-corrected chi connectivity index (χ2v) is 8.88. The number of nitrogens with one attached hydrogen (secondary N) is 1. The molecule has 2 heterocycles. The first kappa shape index (κ1) is 20.0. The Morgan fingerprint density at radius 2 is 1.81 bits per heavy atom. The lowest BCUT2D eigenvalue weighted by Gasteiger charge is -2.14. The van der Waals surface area contributed by atoms with Crippen molar-refractivity contribution in [3.63, 3.8) is 0 Å². The van der Waals surface area contributed by atoms with Gasteiger partial charge in [-0.2, -0.15) is 0 Å². The number of hydrogen-bond donors (Lipinski definition) is 1. The SMILES string of the molecule is Brc1ccc(-n2cc(-c3ccccc3)c3c(NCCC4=CCCCC4)ncnc32)cc1. The molecule has 156 valence electrons. The molecular weight excluding hydrogens is 448 g/mol. The highest BCUT2D eigenvalue weighted by Crippen LogP contribution is 2.35. The van der Waals surface area contributed by atoms with Crippen molar-refractivity contribution < 1.29 is 0 Å². The van der Waals surface area contributed by atoms with Crippen LogP contribution in [0.5, 0.6) is 0 Å². The Morgan fingerprint density at radius 1 is 0.968 bits per heavy atom. The van der Waals surface area contributed by atoms with Crippen LogP contribution in [-0.2, 0) is 0 Å². The molecule has 0 unspecified atom stereocenters. The minimum atomic E-state index is 0.885. The number of halogens is 1. The van der Waals surface area contributed by atoms with Crippen molar-refractivity contribution in [2.24, 2.45) is 0 Å². The third-order valence-corrected chi connectivity index (χ3v) is 6.42. The predicted octanol–water partition coefficient (Wildman–Crippen LogP) is 7.15. The zero-order valence-corrected chi connectivity index (χ0v) is 19.0. The highest BCUT2D eigenvalue weighted by Gasteiger charge is 2.17. The van der Waals surface area contributed by atoms with Gasteiger partial charge < -0.3 is 9.88 Å². The highest BCUT2D eigenvalue weighted by atomic mass is 79.9. The Bertz CT molecular complexity index is 1210. The zero-order valence-electron chi connectivity index (χ0n) is 17.4. The van der Waals surface area contributed by atoms with E-state index in [4.69, 9.17) is 0 Å². The molecule has 0 bridgehead atoms. The van der Waals surface area contributed by atoms with E-state index in [1.54, 1.807) is 11.9 Å². The molecule has 2 aromatic carbocycles. The maximum absolute atomic E-state index is 4.67. The number of nitrogens with zero attached hydrogens (tertiary/aromatic N) is 3. The van der Waals surface area contributed by atoms with Gasteiger partial charge in [0.25, 0.3) is 0 Å². The Labute approximate surface area is 191 Å². The topological polar surface area (TPSA) is 42.7 Å². The predicted molar refractivity (Wildman–Crippen MR) is 132 cm³/mol. The van der Waals surface area contributed by atoms with E-state index in [2.05, 4.69) is 96.6 Å². The van der Waals surface area contributed by atoms with Gasteiger partial charge in [0.15, 0.2) is 5.65 Å². The number of aromatic nitrogens is 3. The monoisotopic (exact) mass is 472 g/mol. The Hall–Kier alpha value is -2.92. The zero-order chi connectivity index (χ0) is 21.0. The molecule has 1 aliphatic rings. The van der Waals surface area contributed by atoms with Crippen LogP contribution < -0.4 is 5.32 Å². The van der Waals surface area contributed by atoms with E-state index in [1.165, 1.54) is 25.7 Å². The lowest BCUT2D eigenvalue weighted by molar-refractivity contribution is 0.679. The summed E-state index contributed by atoms with van der Waals surface area (Å²) >= 11 is 3.53. The largest absolute Gasteiger partial charge is 0.369 e. The first-order valence-corrected chi connectivity index (χ1v) is 11.7. The normalized spacial score (nSPS) is 13.9. The number of benzene rings is 2. The Morgan fingerprint density at radius 3 is 2.58 bits per heavy atom. The maximum atomic E-state index is 4.67. The molecule has 5 heteroatoms. The fraction of sp³-hybridized carbons (Fsp3) is 0.231. The Balaban J connectivity index is 1.56. The standard InChI is InChI=1S/C26H25BrN4/c27-21-11-13-22(14-12-21)31-17-23(20-9-5-2-6-10-20)24-25(29-18-30-26(24)31)28-16-15-19-7-3-1-4-8-19/h2,5-7,9-14,17-18H,1,3-4,8,15-16H2,(H,28,29,30). The van der Waals surface area contributed by atoms with E-state index in [0.717, 1.165) is 51.1 Å². The fourth-order valence-corrected chi connectivity index (χ4v) is 4.57. The molecule has 2 aromatic heterocycles. The molecule has 1 N–H and O–H groups in total. The van der Waals surface area contributed by atoms with Gasteiger partial charge in [0.05, 0.1) is 5.39 Å². The summed E-state index contributed by atoms with van der Waals surface area (Å²) in [6.07, 6.45) is 12.4. The molecule has 0 saturated carbocycles. The van der Waals surface area contributed by atoms with Crippen molar-refractivity contribution in [3.8, 4) is 16.8 Å². The van der Waals surface area contributed by atoms with Gasteiger partial charge in [-0.1, -0.05) is 57.9 Å². The summed E-state index contributed by atoms with van der Waals surface area (Å²) in [7, 11) is 0. The first-order valence-electron chi connectivity index (χ1n) is 10.9. The number of allylic oxidation sites excluding steroid dienone is 1. The molecular formula is C26H25BrN4. The number of hydrogen-bond acceptors (Lipinski definition) is 3. The van der Waals surface area contributed by atoms with Crippen molar-refractivity contribution in [2.45, 2.75) is 32.1 Å². The van der Waals surface area contributed by atoms with E-state index in [0.29, 0.717) is 0 Å². The number of rotatable bonds is 6. The summed E-state index contributed by atoms with van der Waals surface area (Å²) in [6, 6.07) is 18.8. The molecule has 4 aromatic rings. The van der Waals surface area contributed by atoms with Gasteiger partial charge in [0, 0.05) is 28.5 Å². The van der Waals surface area contributed by atoms with Crippen molar-refractivity contribution in [2.75, 3.05) is 11.9 Å². The third kappa shape index (κ3) is 4.28. The quantitative estimate of drug-likeness (QED) is 0.303. The van der Waals surface area contributed by atoms with Gasteiger partial charge in [-0.3, -0.25) is 0 Å². The minimum Gasteiger partial charge on any atom is -0.369 e. The van der Waals surface area contributed by atoms with Crippen LogP contribution in [0.15, 0.2) is 83.2 Å². The average molecular weight is 473 g/mol. The van der Waals surface area contributed by atoms with E-state index in [-0.39, 0.29) is 0 Å².